The van der Waals surface area contributed by atoms with E-state index >= 15 is 0 Å². The standard InChI is InChI=1S/C19H20N4O3.HI/c1-24-16-9-8-14(10-17(16)25-2)23-19(20)21-11-15-12-26-18(22-15)13-6-4-3-5-7-13;/h3-10,12H,11H2,1-2H3,(H3,20,21,23);1H. The van der Waals surface area contributed by atoms with Crippen LogP contribution in [0.3, 0.4) is 0 Å². The van der Waals surface area contributed by atoms with E-state index in [1.54, 1.807) is 32.6 Å². The van der Waals surface area contributed by atoms with E-state index in [1.807, 2.05) is 36.4 Å². The second-order valence-corrected chi connectivity index (χ2v) is 5.41. The van der Waals surface area contributed by atoms with Gasteiger partial charge in [0.2, 0.25) is 5.89 Å². The van der Waals surface area contributed by atoms with Crippen LogP contribution in [0.2, 0.25) is 0 Å². The van der Waals surface area contributed by atoms with Crippen LogP contribution in [0.1, 0.15) is 5.69 Å². The molecule has 0 saturated carbocycles. The number of aliphatic imine (C=N–C) groups is 1. The van der Waals surface area contributed by atoms with E-state index in [4.69, 9.17) is 19.6 Å². The summed E-state index contributed by atoms with van der Waals surface area (Å²) in [4.78, 5) is 8.70. The van der Waals surface area contributed by atoms with Gasteiger partial charge in [-0.25, -0.2) is 9.98 Å². The molecule has 0 atom stereocenters. The number of ether oxygens (including phenoxy) is 2. The summed E-state index contributed by atoms with van der Waals surface area (Å²) in [5.74, 6) is 2.07. The minimum absolute atomic E-state index is 0. The molecule has 1 heterocycles. The molecule has 7 nitrogen and oxygen atoms in total. The Balaban J connectivity index is 0.00000261. The van der Waals surface area contributed by atoms with Gasteiger partial charge in [-0.05, 0) is 24.3 Å². The van der Waals surface area contributed by atoms with E-state index in [0.29, 0.717) is 29.6 Å². The van der Waals surface area contributed by atoms with Crippen molar-refractivity contribution < 1.29 is 13.9 Å². The summed E-state index contributed by atoms with van der Waals surface area (Å²) in [6, 6.07) is 15.1. The maximum Gasteiger partial charge on any atom is 0.226 e. The Morgan fingerprint density at radius 3 is 2.56 bits per heavy atom. The molecule has 0 amide bonds. The van der Waals surface area contributed by atoms with Crippen LogP contribution < -0.4 is 20.5 Å². The van der Waals surface area contributed by atoms with Gasteiger partial charge >= 0.3 is 0 Å². The van der Waals surface area contributed by atoms with Crippen LogP contribution in [0.15, 0.2) is 64.2 Å². The second kappa shape index (κ2) is 9.81. The molecule has 0 radical (unpaired) electrons. The molecule has 1 aromatic heterocycles. The molecule has 27 heavy (non-hydrogen) atoms. The lowest BCUT2D eigenvalue weighted by molar-refractivity contribution is 0.355. The van der Waals surface area contributed by atoms with Crippen LogP contribution in [-0.2, 0) is 6.54 Å². The topological polar surface area (TPSA) is 94.9 Å². The smallest absolute Gasteiger partial charge is 0.226 e. The van der Waals surface area contributed by atoms with Crippen LogP contribution in [0, 0.1) is 0 Å². The summed E-state index contributed by atoms with van der Waals surface area (Å²) in [7, 11) is 3.16. The van der Waals surface area contributed by atoms with Gasteiger partial charge in [-0.2, -0.15) is 0 Å². The Bertz CT molecular complexity index is 897. The molecule has 0 aliphatic rings. The van der Waals surface area contributed by atoms with Crippen molar-refractivity contribution in [2.45, 2.75) is 6.54 Å². The van der Waals surface area contributed by atoms with Gasteiger partial charge in [0.25, 0.3) is 0 Å². The van der Waals surface area contributed by atoms with Gasteiger partial charge in [-0.1, -0.05) is 18.2 Å². The Labute approximate surface area is 174 Å². The van der Waals surface area contributed by atoms with Crippen LogP contribution in [0.4, 0.5) is 5.69 Å². The summed E-state index contributed by atoms with van der Waals surface area (Å²) in [6.07, 6.45) is 1.58. The number of aromatic nitrogens is 1. The lowest BCUT2D eigenvalue weighted by atomic mass is 10.2. The zero-order valence-electron chi connectivity index (χ0n) is 15.0. The van der Waals surface area contributed by atoms with Crippen LogP contribution in [0.5, 0.6) is 11.5 Å². The summed E-state index contributed by atoms with van der Waals surface area (Å²) >= 11 is 0. The van der Waals surface area contributed by atoms with Gasteiger partial charge < -0.3 is 24.9 Å². The molecule has 0 bridgehead atoms. The molecule has 0 saturated heterocycles. The number of rotatable bonds is 6. The van der Waals surface area contributed by atoms with Gasteiger partial charge in [0.15, 0.2) is 17.5 Å². The summed E-state index contributed by atoms with van der Waals surface area (Å²) < 4.78 is 16.0. The molecule has 0 aliphatic carbocycles. The molecule has 3 aromatic rings. The molecular formula is C19H21IN4O3. The van der Waals surface area contributed by atoms with Gasteiger partial charge in [0.05, 0.1) is 20.8 Å². The van der Waals surface area contributed by atoms with E-state index in [-0.39, 0.29) is 29.9 Å². The SMILES string of the molecule is COc1ccc(NC(N)=NCc2coc(-c3ccccc3)n2)cc1OC.I. The molecule has 0 fully saturated rings. The van der Waals surface area contributed by atoms with Crippen molar-refractivity contribution >= 4 is 35.6 Å². The van der Waals surface area contributed by atoms with E-state index in [0.717, 1.165) is 11.3 Å². The monoisotopic (exact) mass is 480 g/mol. The number of anilines is 1. The number of hydrogen-bond acceptors (Lipinski definition) is 5. The predicted molar refractivity (Wildman–Crippen MR) is 116 cm³/mol. The first-order valence-electron chi connectivity index (χ1n) is 7.98. The highest BCUT2D eigenvalue weighted by Crippen LogP contribution is 2.29. The molecule has 0 unspecified atom stereocenters. The van der Waals surface area contributed by atoms with Crippen molar-refractivity contribution in [2.24, 2.45) is 10.7 Å². The molecule has 2 aromatic carbocycles. The number of oxazole rings is 1. The largest absolute Gasteiger partial charge is 0.493 e. The van der Waals surface area contributed by atoms with E-state index in [1.165, 1.54) is 0 Å². The van der Waals surface area contributed by atoms with Gasteiger partial charge in [0, 0.05) is 17.3 Å². The van der Waals surface area contributed by atoms with Crippen LogP contribution in [-0.4, -0.2) is 25.2 Å². The highest BCUT2D eigenvalue weighted by molar-refractivity contribution is 14.0. The number of halogens is 1. The number of guanidine groups is 1. The van der Waals surface area contributed by atoms with Crippen molar-refractivity contribution in [3.8, 4) is 23.0 Å². The maximum absolute atomic E-state index is 5.94. The normalized spacial score (nSPS) is 10.8. The molecule has 3 rings (SSSR count). The molecule has 142 valence electrons. The fourth-order valence-electron chi connectivity index (χ4n) is 2.36. The van der Waals surface area contributed by atoms with Crippen molar-refractivity contribution in [2.75, 3.05) is 19.5 Å². The molecular weight excluding hydrogens is 459 g/mol. The van der Waals surface area contributed by atoms with Gasteiger partial charge in [-0.3, -0.25) is 0 Å². The van der Waals surface area contributed by atoms with Crippen molar-refractivity contribution in [3.05, 3.63) is 60.5 Å². The number of benzene rings is 2. The first kappa shape index (κ1) is 20.6. The third-order valence-corrected chi connectivity index (χ3v) is 3.64. The number of nitrogens with zero attached hydrogens (tertiary/aromatic N) is 2. The average Bonchev–Trinajstić information content (AvgIpc) is 3.16. The first-order chi connectivity index (χ1) is 12.7. The van der Waals surface area contributed by atoms with Crippen molar-refractivity contribution in [1.82, 2.24) is 4.98 Å². The van der Waals surface area contributed by atoms with Gasteiger partial charge in [-0.15, -0.1) is 24.0 Å². The highest BCUT2D eigenvalue weighted by atomic mass is 127. The van der Waals surface area contributed by atoms with E-state index < -0.39 is 0 Å². The Morgan fingerprint density at radius 1 is 1.11 bits per heavy atom. The lowest BCUT2D eigenvalue weighted by Crippen LogP contribution is -2.22. The summed E-state index contributed by atoms with van der Waals surface area (Å²) in [5.41, 5.74) is 8.30. The minimum atomic E-state index is 0. The Morgan fingerprint density at radius 2 is 1.85 bits per heavy atom. The quantitative estimate of drug-likeness (QED) is 0.316. The summed E-state index contributed by atoms with van der Waals surface area (Å²) in [6.45, 7) is 0.308. The summed E-state index contributed by atoms with van der Waals surface area (Å²) in [5, 5.41) is 3.01. The third-order valence-electron chi connectivity index (χ3n) is 3.64. The van der Waals surface area contributed by atoms with E-state index in [2.05, 4.69) is 15.3 Å². The van der Waals surface area contributed by atoms with E-state index in [9.17, 15) is 0 Å². The maximum atomic E-state index is 5.94. The first-order valence-corrected chi connectivity index (χ1v) is 7.98. The molecule has 8 heteroatoms. The number of hydrogen-bond donors (Lipinski definition) is 2. The second-order valence-electron chi connectivity index (χ2n) is 5.41. The average molecular weight is 480 g/mol. The van der Waals surface area contributed by atoms with Crippen molar-refractivity contribution in [1.29, 1.82) is 0 Å². The van der Waals surface area contributed by atoms with Crippen molar-refractivity contribution in [3.63, 3.8) is 0 Å². The molecule has 0 aliphatic heterocycles. The highest BCUT2D eigenvalue weighted by Gasteiger charge is 2.07. The lowest BCUT2D eigenvalue weighted by Gasteiger charge is -2.10. The number of nitrogens with two attached hydrogens (primary N) is 1. The number of nitrogens with one attached hydrogen (secondary N) is 1. The number of methoxy groups -OCH3 is 2. The fraction of sp³-hybridized carbons (Fsp3) is 0.158. The third kappa shape index (κ3) is 5.36. The fourth-order valence-corrected chi connectivity index (χ4v) is 2.36. The van der Waals surface area contributed by atoms with Crippen LogP contribution in [0.25, 0.3) is 11.5 Å². The Hall–Kier alpha value is -2.75. The van der Waals surface area contributed by atoms with Gasteiger partial charge in [0.1, 0.15) is 12.0 Å². The van der Waals surface area contributed by atoms with Crippen LogP contribution >= 0.6 is 24.0 Å². The Kier molecular flexibility index (Phi) is 7.47. The molecule has 3 N–H and O–H groups in total. The predicted octanol–water partition coefficient (Wildman–Crippen LogP) is 3.90. The zero-order valence-corrected chi connectivity index (χ0v) is 17.3. The zero-order chi connectivity index (χ0) is 18.4. The minimum Gasteiger partial charge on any atom is -0.493 e. The molecule has 0 spiro atoms.